The zero-order chi connectivity index (χ0) is 12.8. The van der Waals surface area contributed by atoms with Gasteiger partial charge in [-0.3, -0.25) is 0 Å². The molecule has 1 aromatic rings. The normalized spacial score (nSPS) is 11.1. The van der Waals surface area contributed by atoms with Crippen molar-refractivity contribution in [1.82, 2.24) is 4.98 Å². The first-order valence-corrected chi connectivity index (χ1v) is 5.84. The van der Waals surface area contributed by atoms with Gasteiger partial charge in [0.25, 0.3) is 0 Å². The number of aromatic carboxylic acids is 1. The van der Waals surface area contributed by atoms with E-state index in [0.29, 0.717) is 43.6 Å². The SMILES string of the molecule is CCOCCc1nc(CC(C)C)c(C(=O)O)o1. The number of carboxylic acids is 1. The Morgan fingerprint density at radius 3 is 2.76 bits per heavy atom. The second-order valence-corrected chi connectivity index (χ2v) is 4.23. The molecule has 0 aliphatic heterocycles. The summed E-state index contributed by atoms with van der Waals surface area (Å²) in [5.74, 6) is -0.314. The van der Waals surface area contributed by atoms with Gasteiger partial charge in [0.2, 0.25) is 5.76 Å². The minimum atomic E-state index is -1.06. The summed E-state index contributed by atoms with van der Waals surface area (Å²) in [6, 6.07) is 0. The molecule has 0 radical (unpaired) electrons. The van der Waals surface area contributed by atoms with E-state index < -0.39 is 5.97 Å². The molecule has 0 unspecified atom stereocenters. The summed E-state index contributed by atoms with van der Waals surface area (Å²) in [5, 5.41) is 9.00. The molecule has 96 valence electrons. The van der Waals surface area contributed by atoms with Crippen LogP contribution in [-0.4, -0.2) is 29.3 Å². The highest BCUT2D eigenvalue weighted by Gasteiger charge is 2.19. The fourth-order valence-electron chi connectivity index (χ4n) is 1.50. The zero-order valence-electron chi connectivity index (χ0n) is 10.5. The molecule has 5 nitrogen and oxygen atoms in total. The molecule has 1 aromatic heterocycles. The zero-order valence-corrected chi connectivity index (χ0v) is 10.5. The maximum atomic E-state index is 11.0. The van der Waals surface area contributed by atoms with Gasteiger partial charge >= 0.3 is 5.97 Å². The van der Waals surface area contributed by atoms with E-state index >= 15 is 0 Å². The van der Waals surface area contributed by atoms with Gasteiger partial charge in [-0.2, -0.15) is 0 Å². The molecule has 1 N–H and O–H groups in total. The molecule has 0 bridgehead atoms. The molecule has 0 fully saturated rings. The molecule has 0 saturated heterocycles. The van der Waals surface area contributed by atoms with Crippen molar-refractivity contribution in [3.05, 3.63) is 17.3 Å². The molecular formula is C12H19NO4. The van der Waals surface area contributed by atoms with E-state index in [0.717, 1.165) is 0 Å². The average molecular weight is 241 g/mol. The topological polar surface area (TPSA) is 72.6 Å². The van der Waals surface area contributed by atoms with Crippen LogP contribution in [0.25, 0.3) is 0 Å². The van der Waals surface area contributed by atoms with E-state index in [4.69, 9.17) is 14.3 Å². The maximum Gasteiger partial charge on any atom is 0.373 e. The molecule has 0 aromatic carbocycles. The Morgan fingerprint density at radius 2 is 2.24 bits per heavy atom. The van der Waals surface area contributed by atoms with Crippen LogP contribution in [-0.2, 0) is 17.6 Å². The van der Waals surface area contributed by atoms with Crippen LogP contribution in [0.3, 0.4) is 0 Å². The average Bonchev–Trinajstić information content (AvgIpc) is 2.60. The van der Waals surface area contributed by atoms with E-state index in [2.05, 4.69) is 4.98 Å². The van der Waals surface area contributed by atoms with Crippen molar-refractivity contribution in [1.29, 1.82) is 0 Å². The number of nitrogens with zero attached hydrogens (tertiary/aromatic N) is 1. The Kier molecular flexibility index (Phi) is 5.15. The van der Waals surface area contributed by atoms with Crippen LogP contribution < -0.4 is 0 Å². The van der Waals surface area contributed by atoms with Gasteiger partial charge in [-0.05, 0) is 19.3 Å². The van der Waals surface area contributed by atoms with Gasteiger partial charge < -0.3 is 14.3 Å². The molecule has 0 aliphatic carbocycles. The highest BCUT2D eigenvalue weighted by molar-refractivity contribution is 5.85. The molecule has 0 spiro atoms. The Labute approximate surface area is 101 Å². The first-order valence-electron chi connectivity index (χ1n) is 5.84. The lowest BCUT2D eigenvalue weighted by Crippen LogP contribution is -2.03. The third-order valence-corrected chi connectivity index (χ3v) is 2.20. The lowest BCUT2D eigenvalue weighted by molar-refractivity contribution is 0.0656. The van der Waals surface area contributed by atoms with E-state index in [1.165, 1.54) is 0 Å². The Bertz CT molecular complexity index is 371. The van der Waals surface area contributed by atoms with Gasteiger partial charge in [-0.15, -0.1) is 0 Å². The summed E-state index contributed by atoms with van der Waals surface area (Å²) in [5.41, 5.74) is 0.527. The molecule has 1 heterocycles. The first-order chi connectivity index (χ1) is 8.04. The van der Waals surface area contributed by atoms with Crippen molar-refractivity contribution in [2.45, 2.75) is 33.6 Å². The summed E-state index contributed by atoms with van der Waals surface area (Å²) in [7, 11) is 0. The minimum Gasteiger partial charge on any atom is -0.475 e. The fraction of sp³-hybridized carbons (Fsp3) is 0.667. The number of carbonyl (C=O) groups is 1. The number of ether oxygens (including phenoxy) is 1. The molecule has 0 amide bonds. The van der Waals surface area contributed by atoms with Crippen LogP contribution in [0.4, 0.5) is 0 Å². The molecule has 1 rings (SSSR count). The second kappa shape index (κ2) is 6.39. The maximum absolute atomic E-state index is 11.0. The van der Waals surface area contributed by atoms with Crippen LogP contribution in [0.5, 0.6) is 0 Å². The van der Waals surface area contributed by atoms with Crippen LogP contribution >= 0.6 is 0 Å². The summed E-state index contributed by atoms with van der Waals surface area (Å²) in [6.07, 6.45) is 1.12. The Balaban J connectivity index is 2.76. The van der Waals surface area contributed by atoms with E-state index in [9.17, 15) is 4.79 Å². The number of rotatable bonds is 7. The third kappa shape index (κ3) is 4.19. The number of hydrogen-bond donors (Lipinski definition) is 1. The van der Waals surface area contributed by atoms with Gasteiger partial charge in [-0.1, -0.05) is 13.8 Å². The van der Waals surface area contributed by atoms with Crippen molar-refractivity contribution >= 4 is 5.97 Å². The van der Waals surface area contributed by atoms with Crippen molar-refractivity contribution < 1.29 is 19.1 Å². The predicted octanol–water partition coefficient (Wildman–Crippen LogP) is 2.15. The monoisotopic (exact) mass is 241 g/mol. The predicted molar refractivity (Wildman–Crippen MR) is 62.2 cm³/mol. The van der Waals surface area contributed by atoms with E-state index in [1.807, 2.05) is 20.8 Å². The highest BCUT2D eigenvalue weighted by Crippen LogP contribution is 2.16. The van der Waals surface area contributed by atoms with E-state index in [-0.39, 0.29) is 5.76 Å². The van der Waals surface area contributed by atoms with Crippen LogP contribution in [0.15, 0.2) is 4.42 Å². The van der Waals surface area contributed by atoms with Crippen LogP contribution in [0.1, 0.15) is 42.9 Å². The smallest absolute Gasteiger partial charge is 0.373 e. The van der Waals surface area contributed by atoms with Crippen LogP contribution in [0, 0.1) is 5.92 Å². The van der Waals surface area contributed by atoms with Gasteiger partial charge in [0.1, 0.15) is 0 Å². The molecular weight excluding hydrogens is 222 g/mol. The summed E-state index contributed by atoms with van der Waals surface area (Å²) in [4.78, 5) is 15.2. The van der Waals surface area contributed by atoms with Crippen molar-refractivity contribution in [2.75, 3.05) is 13.2 Å². The molecule has 17 heavy (non-hydrogen) atoms. The third-order valence-electron chi connectivity index (χ3n) is 2.20. The van der Waals surface area contributed by atoms with Crippen molar-refractivity contribution in [3.8, 4) is 0 Å². The number of oxazole rings is 1. The highest BCUT2D eigenvalue weighted by atomic mass is 16.5. The molecule has 5 heteroatoms. The van der Waals surface area contributed by atoms with Crippen LogP contribution in [0.2, 0.25) is 0 Å². The Hall–Kier alpha value is -1.36. The Morgan fingerprint density at radius 1 is 1.53 bits per heavy atom. The van der Waals surface area contributed by atoms with Gasteiger partial charge in [0.15, 0.2) is 5.89 Å². The van der Waals surface area contributed by atoms with Gasteiger partial charge in [-0.25, -0.2) is 9.78 Å². The van der Waals surface area contributed by atoms with Gasteiger partial charge in [0, 0.05) is 13.0 Å². The lowest BCUT2D eigenvalue weighted by Gasteiger charge is -2.00. The summed E-state index contributed by atoms with van der Waals surface area (Å²) < 4.78 is 10.4. The first kappa shape index (κ1) is 13.7. The lowest BCUT2D eigenvalue weighted by atomic mass is 10.1. The quantitative estimate of drug-likeness (QED) is 0.740. The second-order valence-electron chi connectivity index (χ2n) is 4.23. The fourth-order valence-corrected chi connectivity index (χ4v) is 1.50. The number of aromatic nitrogens is 1. The van der Waals surface area contributed by atoms with Crippen molar-refractivity contribution in [3.63, 3.8) is 0 Å². The molecule has 0 atom stereocenters. The number of carboxylic acid groups (broad SMARTS) is 1. The molecule has 0 saturated carbocycles. The molecule has 0 aliphatic rings. The minimum absolute atomic E-state index is 0.0369. The summed E-state index contributed by atoms with van der Waals surface area (Å²) >= 11 is 0. The van der Waals surface area contributed by atoms with Gasteiger partial charge in [0.05, 0.1) is 12.3 Å². The summed E-state index contributed by atoms with van der Waals surface area (Å²) in [6.45, 7) is 7.06. The largest absolute Gasteiger partial charge is 0.475 e. The van der Waals surface area contributed by atoms with E-state index in [1.54, 1.807) is 0 Å². The number of hydrogen-bond acceptors (Lipinski definition) is 4. The van der Waals surface area contributed by atoms with Crippen molar-refractivity contribution in [2.24, 2.45) is 5.92 Å². The standard InChI is InChI=1S/C12H19NO4/c1-4-16-6-5-10-13-9(7-8(2)3)11(17-10)12(14)15/h8H,4-7H2,1-3H3,(H,14,15).